The molecule has 0 aromatic carbocycles. The normalized spacial score (nSPS) is 15.8. The third-order valence-electron chi connectivity index (χ3n) is 1.48. The molecule has 0 rings (SSSR count). The predicted octanol–water partition coefficient (Wildman–Crippen LogP) is 3.08. The number of rotatable bonds is 7. The minimum Gasteiger partial charge on any atom is -0.321 e. The Morgan fingerprint density at radius 2 is 2.23 bits per heavy atom. The lowest BCUT2D eigenvalue weighted by atomic mass is 10.2. The van der Waals surface area contributed by atoms with Gasteiger partial charge in [-0.15, -0.1) is 0 Å². The van der Waals surface area contributed by atoms with Crippen molar-refractivity contribution in [1.29, 1.82) is 0 Å². The van der Waals surface area contributed by atoms with Crippen LogP contribution >= 0.6 is 7.60 Å². The summed E-state index contributed by atoms with van der Waals surface area (Å²) < 4.78 is 15.5. The SMILES string of the molecule is C=CP(=O)(O)OCC=CCCCC. The van der Waals surface area contributed by atoms with Crippen LogP contribution in [0.5, 0.6) is 0 Å². The van der Waals surface area contributed by atoms with Gasteiger partial charge < -0.3 is 9.42 Å². The highest BCUT2D eigenvalue weighted by molar-refractivity contribution is 7.56. The molecule has 3 nitrogen and oxygen atoms in total. The first kappa shape index (κ1) is 12.6. The third-order valence-corrected chi connectivity index (χ3v) is 2.46. The Bertz CT molecular complexity index is 211. The van der Waals surface area contributed by atoms with E-state index < -0.39 is 7.60 Å². The van der Waals surface area contributed by atoms with Gasteiger partial charge in [-0.2, -0.15) is 0 Å². The fourth-order valence-corrected chi connectivity index (χ4v) is 1.12. The van der Waals surface area contributed by atoms with E-state index >= 15 is 0 Å². The van der Waals surface area contributed by atoms with Gasteiger partial charge in [-0.25, -0.2) is 0 Å². The summed E-state index contributed by atoms with van der Waals surface area (Å²) in [6, 6.07) is 0. The second-order valence-electron chi connectivity index (χ2n) is 2.66. The van der Waals surface area contributed by atoms with Crippen LogP contribution in [0.2, 0.25) is 0 Å². The van der Waals surface area contributed by atoms with Gasteiger partial charge in [0, 0.05) is 5.82 Å². The summed E-state index contributed by atoms with van der Waals surface area (Å²) in [5.41, 5.74) is 0. The number of allylic oxidation sites excluding steroid dienone is 1. The lowest BCUT2D eigenvalue weighted by Gasteiger charge is -2.03. The molecule has 0 fully saturated rings. The highest BCUT2D eigenvalue weighted by Crippen LogP contribution is 2.42. The van der Waals surface area contributed by atoms with E-state index in [9.17, 15) is 4.57 Å². The summed E-state index contributed by atoms with van der Waals surface area (Å²) in [6.45, 7) is 5.48. The Labute approximate surface area is 79.7 Å². The van der Waals surface area contributed by atoms with E-state index in [0.29, 0.717) is 0 Å². The fourth-order valence-electron chi connectivity index (χ4n) is 0.710. The summed E-state index contributed by atoms with van der Waals surface area (Å²) in [5.74, 6) is 0.937. The summed E-state index contributed by atoms with van der Waals surface area (Å²) in [6.07, 6.45) is 6.98. The molecule has 1 atom stereocenters. The maximum atomic E-state index is 10.9. The molecule has 0 aliphatic rings. The smallest absolute Gasteiger partial charge is 0.321 e. The van der Waals surface area contributed by atoms with E-state index in [1.165, 1.54) is 0 Å². The molecule has 13 heavy (non-hydrogen) atoms. The van der Waals surface area contributed by atoms with Crippen LogP contribution in [0.3, 0.4) is 0 Å². The molecule has 0 aliphatic heterocycles. The Balaban J connectivity index is 3.50. The van der Waals surface area contributed by atoms with Crippen molar-refractivity contribution in [3.8, 4) is 0 Å². The summed E-state index contributed by atoms with van der Waals surface area (Å²) in [4.78, 5) is 8.91. The first-order valence-corrected chi connectivity index (χ1v) is 6.02. The van der Waals surface area contributed by atoms with E-state index in [2.05, 4.69) is 18.0 Å². The monoisotopic (exact) mass is 204 g/mol. The molecule has 76 valence electrons. The molecule has 0 spiro atoms. The number of unbranched alkanes of at least 4 members (excludes halogenated alkanes) is 2. The van der Waals surface area contributed by atoms with Gasteiger partial charge in [0.05, 0.1) is 6.61 Å². The van der Waals surface area contributed by atoms with Crippen molar-refractivity contribution in [3.63, 3.8) is 0 Å². The van der Waals surface area contributed by atoms with Crippen LogP contribution in [-0.2, 0) is 9.09 Å². The first-order chi connectivity index (χ1) is 6.12. The maximum absolute atomic E-state index is 10.9. The Morgan fingerprint density at radius 1 is 1.54 bits per heavy atom. The minimum absolute atomic E-state index is 0.170. The Hall–Kier alpha value is -0.370. The van der Waals surface area contributed by atoms with Crippen LogP contribution in [0.4, 0.5) is 0 Å². The zero-order valence-electron chi connectivity index (χ0n) is 7.98. The molecule has 0 bridgehead atoms. The van der Waals surface area contributed by atoms with E-state index in [4.69, 9.17) is 4.89 Å². The lowest BCUT2D eigenvalue weighted by molar-refractivity contribution is 0.297. The zero-order chi connectivity index (χ0) is 10.2. The zero-order valence-corrected chi connectivity index (χ0v) is 8.87. The van der Waals surface area contributed by atoms with Crippen molar-refractivity contribution in [2.24, 2.45) is 0 Å². The molecular formula is C9H17O3P. The molecular weight excluding hydrogens is 187 g/mol. The third kappa shape index (κ3) is 7.97. The van der Waals surface area contributed by atoms with E-state index in [-0.39, 0.29) is 6.61 Å². The van der Waals surface area contributed by atoms with Crippen molar-refractivity contribution in [2.75, 3.05) is 6.61 Å². The molecule has 0 aromatic heterocycles. The van der Waals surface area contributed by atoms with Gasteiger partial charge in [0.15, 0.2) is 0 Å². The largest absolute Gasteiger partial charge is 0.351 e. The van der Waals surface area contributed by atoms with Crippen molar-refractivity contribution in [3.05, 3.63) is 24.5 Å². The van der Waals surface area contributed by atoms with Crippen molar-refractivity contribution < 1.29 is 14.0 Å². The van der Waals surface area contributed by atoms with Crippen LogP contribution in [0, 0.1) is 0 Å². The highest BCUT2D eigenvalue weighted by Gasteiger charge is 2.10. The summed E-state index contributed by atoms with van der Waals surface area (Å²) in [7, 11) is -3.52. The second kappa shape index (κ2) is 7.07. The van der Waals surface area contributed by atoms with Crippen LogP contribution < -0.4 is 0 Å². The molecule has 0 radical (unpaired) electrons. The maximum Gasteiger partial charge on any atom is 0.351 e. The van der Waals surface area contributed by atoms with Crippen LogP contribution in [0.1, 0.15) is 26.2 Å². The van der Waals surface area contributed by atoms with Gasteiger partial charge in [0.25, 0.3) is 0 Å². The Morgan fingerprint density at radius 3 is 2.77 bits per heavy atom. The predicted molar refractivity (Wildman–Crippen MR) is 54.6 cm³/mol. The molecule has 0 aromatic rings. The van der Waals surface area contributed by atoms with Gasteiger partial charge in [0.1, 0.15) is 0 Å². The van der Waals surface area contributed by atoms with Gasteiger partial charge in [-0.1, -0.05) is 38.5 Å². The van der Waals surface area contributed by atoms with Gasteiger partial charge >= 0.3 is 7.60 Å². The molecule has 0 saturated carbocycles. The highest BCUT2D eigenvalue weighted by atomic mass is 31.2. The van der Waals surface area contributed by atoms with Crippen LogP contribution in [0.25, 0.3) is 0 Å². The van der Waals surface area contributed by atoms with E-state index in [0.717, 1.165) is 25.1 Å². The fraction of sp³-hybridized carbons (Fsp3) is 0.556. The topological polar surface area (TPSA) is 46.5 Å². The quantitative estimate of drug-likeness (QED) is 0.394. The van der Waals surface area contributed by atoms with Gasteiger partial charge in [0.2, 0.25) is 0 Å². The average molecular weight is 204 g/mol. The summed E-state index contributed by atoms with van der Waals surface area (Å²) >= 11 is 0. The van der Waals surface area contributed by atoms with Crippen LogP contribution in [-0.4, -0.2) is 11.5 Å². The second-order valence-corrected chi connectivity index (χ2v) is 4.41. The lowest BCUT2D eigenvalue weighted by Crippen LogP contribution is -1.86. The molecule has 0 saturated heterocycles. The molecule has 4 heteroatoms. The van der Waals surface area contributed by atoms with Crippen molar-refractivity contribution >= 4 is 7.60 Å². The average Bonchev–Trinajstić information content (AvgIpc) is 2.11. The Kier molecular flexibility index (Phi) is 6.87. The van der Waals surface area contributed by atoms with Gasteiger partial charge in [-0.05, 0) is 6.42 Å². The van der Waals surface area contributed by atoms with Crippen molar-refractivity contribution in [2.45, 2.75) is 26.2 Å². The number of hydrogen-bond donors (Lipinski definition) is 1. The standard InChI is InChI=1S/C9H17O3P/c1-3-5-6-7-8-9-12-13(10,11)4-2/h4,7-8H,2-3,5-6,9H2,1H3,(H,10,11). The molecule has 0 amide bonds. The molecule has 1 unspecified atom stereocenters. The van der Waals surface area contributed by atoms with Gasteiger partial charge in [-0.3, -0.25) is 4.57 Å². The minimum atomic E-state index is -3.52. The van der Waals surface area contributed by atoms with Crippen LogP contribution in [0.15, 0.2) is 24.5 Å². The molecule has 1 N–H and O–H groups in total. The van der Waals surface area contributed by atoms with E-state index in [1.807, 2.05) is 6.08 Å². The number of hydrogen-bond acceptors (Lipinski definition) is 2. The molecule has 0 aliphatic carbocycles. The van der Waals surface area contributed by atoms with Crippen molar-refractivity contribution in [1.82, 2.24) is 0 Å². The summed E-state index contributed by atoms with van der Waals surface area (Å²) in [5, 5.41) is 0. The molecule has 0 heterocycles. The first-order valence-electron chi connectivity index (χ1n) is 4.38. The van der Waals surface area contributed by atoms with E-state index in [1.54, 1.807) is 6.08 Å².